The minimum absolute atomic E-state index is 0. The zero-order chi connectivity index (χ0) is 18.0. The van der Waals surface area contributed by atoms with Crippen molar-refractivity contribution in [3.8, 4) is 0 Å². The predicted octanol–water partition coefficient (Wildman–Crippen LogP) is 1.50. The Bertz CT molecular complexity index is 702. The second-order valence-electron chi connectivity index (χ2n) is 6.38. The second kappa shape index (κ2) is 12.1. The van der Waals surface area contributed by atoms with E-state index in [1.54, 1.807) is 7.05 Å². The molecule has 1 aliphatic heterocycles. The lowest BCUT2D eigenvalue weighted by Crippen LogP contribution is -2.39. The first-order valence-electron chi connectivity index (χ1n) is 9.25. The topological polar surface area (TPSA) is 85.1 Å². The van der Waals surface area contributed by atoms with E-state index in [0.717, 1.165) is 76.2 Å². The lowest BCUT2D eigenvalue weighted by Gasteiger charge is -2.12. The molecule has 1 unspecified atom stereocenters. The summed E-state index contributed by atoms with van der Waals surface area (Å²) in [5.74, 6) is 2.31. The molecule has 3 heterocycles. The zero-order valence-corrected chi connectivity index (χ0v) is 18.1. The number of halogens is 1. The van der Waals surface area contributed by atoms with Crippen molar-refractivity contribution in [2.75, 3.05) is 46.6 Å². The minimum atomic E-state index is 0. The summed E-state index contributed by atoms with van der Waals surface area (Å²) in [4.78, 5) is 4.24. The molecule has 0 amide bonds. The van der Waals surface area contributed by atoms with Crippen LogP contribution in [-0.4, -0.2) is 67.1 Å². The number of guanidine groups is 1. The van der Waals surface area contributed by atoms with E-state index in [-0.39, 0.29) is 24.0 Å². The smallest absolute Gasteiger partial charge is 0.190 e. The molecule has 150 valence electrons. The number of fused-ring (bicyclic) bond motifs is 1. The second-order valence-corrected chi connectivity index (χ2v) is 6.38. The molecule has 0 saturated carbocycles. The molecule has 8 nitrogen and oxygen atoms in total. The molecule has 0 radical (unpaired) electrons. The van der Waals surface area contributed by atoms with Crippen molar-refractivity contribution >= 4 is 35.6 Å². The van der Waals surface area contributed by atoms with Crippen molar-refractivity contribution in [2.24, 2.45) is 10.9 Å². The maximum Gasteiger partial charge on any atom is 0.190 e. The Morgan fingerprint density at radius 1 is 1.33 bits per heavy atom. The number of hydrogen-bond donors (Lipinski definition) is 2. The van der Waals surface area contributed by atoms with Crippen LogP contribution in [0.15, 0.2) is 29.4 Å². The highest BCUT2D eigenvalue weighted by Gasteiger charge is 2.15. The highest BCUT2D eigenvalue weighted by atomic mass is 127. The van der Waals surface area contributed by atoms with Crippen molar-refractivity contribution in [3.63, 3.8) is 0 Å². The minimum Gasteiger partial charge on any atom is -0.381 e. The third-order valence-corrected chi connectivity index (χ3v) is 4.38. The molecule has 9 heteroatoms. The molecular weight excluding hydrogens is 459 g/mol. The van der Waals surface area contributed by atoms with Crippen LogP contribution in [0.2, 0.25) is 0 Å². The summed E-state index contributed by atoms with van der Waals surface area (Å²) >= 11 is 0. The van der Waals surface area contributed by atoms with E-state index >= 15 is 0 Å². The summed E-state index contributed by atoms with van der Waals surface area (Å²) in [6.45, 7) is 4.85. The van der Waals surface area contributed by atoms with Gasteiger partial charge in [0.1, 0.15) is 5.82 Å². The molecule has 3 rings (SSSR count). The Kier molecular flexibility index (Phi) is 9.78. The zero-order valence-electron chi connectivity index (χ0n) is 15.8. The average Bonchev–Trinajstić information content (AvgIpc) is 3.33. The number of aromatic nitrogens is 3. The molecule has 1 atom stereocenters. The van der Waals surface area contributed by atoms with Crippen molar-refractivity contribution < 1.29 is 9.47 Å². The largest absolute Gasteiger partial charge is 0.381 e. The Hall–Kier alpha value is -1.46. The van der Waals surface area contributed by atoms with Crippen LogP contribution in [0.25, 0.3) is 5.65 Å². The summed E-state index contributed by atoms with van der Waals surface area (Å²) in [6.07, 6.45) is 4.83. The number of pyridine rings is 1. The van der Waals surface area contributed by atoms with Gasteiger partial charge < -0.3 is 20.1 Å². The molecule has 27 heavy (non-hydrogen) atoms. The van der Waals surface area contributed by atoms with E-state index in [4.69, 9.17) is 9.47 Å². The Morgan fingerprint density at radius 3 is 3.04 bits per heavy atom. The van der Waals surface area contributed by atoms with Gasteiger partial charge in [-0.15, -0.1) is 34.2 Å². The quantitative estimate of drug-likeness (QED) is 0.241. The number of ether oxygens (including phenoxy) is 2. The lowest BCUT2D eigenvalue weighted by molar-refractivity contribution is 0.0888. The van der Waals surface area contributed by atoms with Gasteiger partial charge in [-0.25, -0.2) is 0 Å². The van der Waals surface area contributed by atoms with Crippen LogP contribution < -0.4 is 10.6 Å². The van der Waals surface area contributed by atoms with Gasteiger partial charge in [0.25, 0.3) is 0 Å². The van der Waals surface area contributed by atoms with E-state index in [9.17, 15) is 0 Å². The number of nitrogens with zero attached hydrogens (tertiary/aromatic N) is 4. The van der Waals surface area contributed by atoms with Crippen LogP contribution in [0, 0.1) is 5.92 Å². The molecule has 2 N–H and O–H groups in total. The molecule has 2 aromatic rings. The highest BCUT2D eigenvalue weighted by Crippen LogP contribution is 2.12. The molecule has 1 fully saturated rings. The summed E-state index contributed by atoms with van der Waals surface area (Å²) in [5, 5.41) is 15.0. The van der Waals surface area contributed by atoms with E-state index in [0.29, 0.717) is 5.92 Å². The van der Waals surface area contributed by atoms with Crippen molar-refractivity contribution in [3.05, 3.63) is 30.2 Å². The number of nitrogens with one attached hydrogen (secondary N) is 2. The van der Waals surface area contributed by atoms with Crippen LogP contribution in [0.5, 0.6) is 0 Å². The summed E-state index contributed by atoms with van der Waals surface area (Å²) in [5.41, 5.74) is 0.870. The Balaban J connectivity index is 0.00000261. The van der Waals surface area contributed by atoms with Gasteiger partial charge in [-0.1, -0.05) is 6.07 Å². The fraction of sp³-hybridized carbons (Fsp3) is 0.611. The van der Waals surface area contributed by atoms with Gasteiger partial charge in [-0.3, -0.25) is 9.39 Å². The Morgan fingerprint density at radius 2 is 2.22 bits per heavy atom. The monoisotopic (exact) mass is 488 g/mol. The maximum absolute atomic E-state index is 5.71. The van der Waals surface area contributed by atoms with Crippen LogP contribution in [0.3, 0.4) is 0 Å². The number of rotatable bonds is 9. The summed E-state index contributed by atoms with van der Waals surface area (Å²) in [7, 11) is 1.78. The van der Waals surface area contributed by atoms with Crippen LogP contribution >= 0.6 is 24.0 Å². The molecule has 0 aliphatic carbocycles. The molecular formula is C18H29IN6O2. The van der Waals surface area contributed by atoms with Gasteiger partial charge in [0.2, 0.25) is 0 Å². The third-order valence-electron chi connectivity index (χ3n) is 4.38. The average molecular weight is 488 g/mol. The molecule has 0 bridgehead atoms. The first-order chi connectivity index (χ1) is 12.9. The van der Waals surface area contributed by atoms with E-state index in [1.165, 1.54) is 0 Å². The highest BCUT2D eigenvalue weighted by molar-refractivity contribution is 14.0. The van der Waals surface area contributed by atoms with E-state index < -0.39 is 0 Å². The van der Waals surface area contributed by atoms with Crippen molar-refractivity contribution in [1.82, 2.24) is 25.2 Å². The maximum atomic E-state index is 5.71. The van der Waals surface area contributed by atoms with Gasteiger partial charge in [0.05, 0.1) is 13.2 Å². The first-order valence-corrected chi connectivity index (χ1v) is 9.25. The first kappa shape index (κ1) is 21.8. The molecule has 0 aromatic carbocycles. The third kappa shape index (κ3) is 6.89. The summed E-state index contributed by atoms with van der Waals surface area (Å²) in [6, 6.07) is 5.89. The number of hydrogen-bond acceptors (Lipinski definition) is 5. The molecule has 1 aliphatic rings. The standard InChI is InChI=1S/C18H28N6O2.HI/c1-19-18(20-8-4-11-25-13-15-7-12-26-14-15)21-9-6-17-23-22-16-5-2-3-10-24(16)17;/h2-3,5,10,15H,4,6-9,11-14H2,1H3,(H2,19,20,21);1H. The van der Waals surface area contributed by atoms with Gasteiger partial charge in [0.15, 0.2) is 11.6 Å². The van der Waals surface area contributed by atoms with E-state index in [2.05, 4.69) is 25.8 Å². The number of aliphatic imine (C=N–C) groups is 1. The van der Waals surface area contributed by atoms with E-state index in [1.807, 2.05) is 28.8 Å². The van der Waals surface area contributed by atoms with Gasteiger partial charge in [-0.05, 0) is 25.0 Å². The van der Waals surface area contributed by atoms with Crippen LogP contribution in [-0.2, 0) is 15.9 Å². The molecule has 0 spiro atoms. The lowest BCUT2D eigenvalue weighted by atomic mass is 10.1. The predicted molar refractivity (Wildman–Crippen MR) is 116 cm³/mol. The molecule has 2 aromatic heterocycles. The van der Waals surface area contributed by atoms with Gasteiger partial charge >= 0.3 is 0 Å². The fourth-order valence-corrected chi connectivity index (χ4v) is 2.92. The fourth-order valence-electron chi connectivity index (χ4n) is 2.92. The summed E-state index contributed by atoms with van der Waals surface area (Å²) < 4.78 is 13.1. The SMILES string of the molecule is CN=C(NCCCOCC1CCOC1)NCCc1nnc2ccccn12.I. The van der Waals surface area contributed by atoms with Crippen LogP contribution in [0.1, 0.15) is 18.7 Å². The van der Waals surface area contributed by atoms with Crippen molar-refractivity contribution in [2.45, 2.75) is 19.3 Å². The van der Waals surface area contributed by atoms with Crippen molar-refractivity contribution in [1.29, 1.82) is 0 Å². The normalized spacial score (nSPS) is 17.1. The van der Waals surface area contributed by atoms with Gasteiger partial charge in [-0.2, -0.15) is 0 Å². The molecule has 1 saturated heterocycles. The van der Waals surface area contributed by atoms with Crippen LogP contribution in [0.4, 0.5) is 0 Å². The van der Waals surface area contributed by atoms with Gasteiger partial charge in [0, 0.05) is 51.9 Å². The Labute approximate surface area is 177 Å².